The predicted molar refractivity (Wildman–Crippen MR) is 84.9 cm³/mol. The first-order chi connectivity index (χ1) is 10.0. The van der Waals surface area contributed by atoms with Crippen LogP contribution in [0.2, 0.25) is 0 Å². The second-order valence-electron chi connectivity index (χ2n) is 5.58. The molecule has 0 bridgehead atoms. The van der Waals surface area contributed by atoms with Crippen LogP contribution < -0.4 is 5.32 Å². The van der Waals surface area contributed by atoms with Crippen LogP contribution in [0, 0.1) is 12.7 Å². The molecule has 21 heavy (non-hydrogen) atoms. The summed E-state index contributed by atoms with van der Waals surface area (Å²) in [5.41, 5.74) is 1.56. The molecule has 1 fully saturated rings. The Morgan fingerprint density at radius 2 is 2.05 bits per heavy atom. The zero-order valence-corrected chi connectivity index (χ0v) is 13.6. The molecule has 110 valence electrons. The fraction of sp³-hybridized carbons (Fsp3) is 0.375. The number of aromatic nitrogens is 2. The maximum absolute atomic E-state index is 13.7. The highest BCUT2D eigenvalue weighted by Gasteiger charge is 2.27. The lowest BCUT2D eigenvalue weighted by atomic mass is 10.1. The van der Waals surface area contributed by atoms with Crippen LogP contribution in [0.5, 0.6) is 0 Å². The largest absolute Gasteiger partial charge is 0.363 e. The zero-order chi connectivity index (χ0) is 15.0. The van der Waals surface area contributed by atoms with Crippen LogP contribution >= 0.6 is 15.9 Å². The van der Waals surface area contributed by atoms with Crippen LogP contribution in [0.3, 0.4) is 0 Å². The molecule has 0 amide bonds. The zero-order valence-electron chi connectivity index (χ0n) is 12.0. The normalized spacial score (nSPS) is 15.8. The molecule has 3 rings (SSSR count). The number of benzene rings is 1. The summed E-state index contributed by atoms with van der Waals surface area (Å²) in [6.07, 6.45) is 2.32. The number of rotatable bonds is 4. The Labute approximate surface area is 132 Å². The molecule has 1 N–H and O–H groups in total. The van der Waals surface area contributed by atoms with Crippen LogP contribution in [0.15, 0.2) is 28.9 Å². The lowest BCUT2D eigenvalue weighted by Crippen LogP contribution is -2.10. The van der Waals surface area contributed by atoms with Crippen molar-refractivity contribution in [1.29, 1.82) is 0 Å². The monoisotopic (exact) mass is 349 g/mol. The molecular formula is C16H17BrFN3. The summed E-state index contributed by atoms with van der Waals surface area (Å²) in [5, 5.41) is 3.32. The molecule has 1 aliphatic carbocycles. The van der Waals surface area contributed by atoms with Crippen molar-refractivity contribution in [1.82, 2.24) is 9.97 Å². The van der Waals surface area contributed by atoms with Gasteiger partial charge in [0, 0.05) is 12.0 Å². The number of aryl methyl sites for hydroxylation is 1. The molecule has 5 heteroatoms. The number of hydrogen-bond acceptors (Lipinski definition) is 3. The maximum atomic E-state index is 13.7. The molecule has 1 atom stereocenters. The van der Waals surface area contributed by atoms with Gasteiger partial charge in [0.25, 0.3) is 0 Å². The van der Waals surface area contributed by atoms with Crippen molar-refractivity contribution in [3.63, 3.8) is 0 Å². The smallest absolute Gasteiger partial charge is 0.135 e. The van der Waals surface area contributed by atoms with E-state index < -0.39 is 0 Å². The highest BCUT2D eigenvalue weighted by Crippen LogP contribution is 2.39. The van der Waals surface area contributed by atoms with E-state index in [0.717, 1.165) is 34.7 Å². The van der Waals surface area contributed by atoms with E-state index in [4.69, 9.17) is 0 Å². The highest BCUT2D eigenvalue weighted by molar-refractivity contribution is 9.10. The number of anilines is 1. The number of halogens is 2. The fourth-order valence-corrected chi connectivity index (χ4v) is 2.62. The van der Waals surface area contributed by atoms with Gasteiger partial charge in [-0.2, -0.15) is 0 Å². The summed E-state index contributed by atoms with van der Waals surface area (Å²) < 4.78 is 14.4. The molecule has 1 heterocycles. The standard InChI is InChI=1S/C16H17BrFN3/c1-9-3-4-12(7-13(9)18)10(2)19-15-8-14(17)20-16(21-15)11-5-6-11/h3-4,7-8,10-11H,5-6H2,1-2H3,(H,19,20,21). The third-order valence-corrected chi connectivity index (χ3v) is 4.12. The molecular weight excluding hydrogens is 333 g/mol. The van der Waals surface area contributed by atoms with Crippen LogP contribution in [-0.4, -0.2) is 9.97 Å². The van der Waals surface area contributed by atoms with E-state index in [2.05, 4.69) is 31.2 Å². The molecule has 3 nitrogen and oxygen atoms in total. The van der Waals surface area contributed by atoms with E-state index in [9.17, 15) is 4.39 Å². The molecule has 0 spiro atoms. The van der Waals surface area contributed by atoms with E-state index >= 15 is 0 Å². The Hall–Kier alpha value is -1.49. The molecule has 2 aromatic rings. The van der Waals surface area contributed by atoms with Crippen molar-refractivity contribution in [3.05, 3.63) is 51.6 Å². The summed E-state index contributed by atoms with van der Waals surface area (Å²) in [4.78, 5) is 8.96. The van der Waals surface area contributed by atoms with Crippen LogP contribution in [0.4, 0.5) is 10.2 Å². The van der Waals surface area contributed by atoms with Gasteiger partial charge >= 0.3 is 0 Å². The lowest BCUT2D eigenvalue weighted by molar-refractivity contribution is 0.614. The van der Waals surface area contributed by atoms with Gasteiger partial charge in [-0.3, -0.25) is 0 Å². The molecule has 0 saturated heterocycles. The summed E-state index contributed by atoms with van der Waals surface area (Å²) in [6, 6.07) is 7.15. The number of hydrogen-bond donors (Lipinski definition) is 1. The minimum absolute atomic E-state index is 0.0195. The van der Waals surface area contributed by atoms with Gasteiger partial charge in [0.2, 0.25) is 0 Å². The Balaban J connectivity index is 1.80. The third kappa shape index (κ3) is 3.40. The van der Waals surface area contributed by atoms with Crippen molar-refractivity contribution in [2.75, 3.05) is 5.32 Å². The summed E-state index contributed by atoms with van der Waals surface area (Å²) in [6.45, 7) is 3.76. The van der Waals surface area contributed by atoms with Gasteiger partial charge in [-0.05, 0) is 59.8 Å². The Bertz CT molecular complexity index is 671. The Morgan fingerprint density at radius 3 is 2.71 bits per heavy atom. The first-order valence-electron chi connectivity index (χ1n) is 7.10. The molecule has 0 radical (unpaired) electrons. The number of nitrogens with zero attached hydrogens (tertiary/aromatic N) is 2. The van der Waals surface area contributed by atoms with Gasteiger partial charge < -0.3 is 5.32 Å². The van der Waals surface area contributed by atoms with Crippen LogP contribution in [0.1, 0.15) is 48.7 Å². The minimum Gasteiger partial charge on any atom is -0.363 e. The van der Waals surface area contributed by atoms with Gasteiger partial charge in [-0.15, -0.1) is 0 Å². The molecule has 1 aromatic carbocycles. The van der Waals surface area contributed by atoms with Crippen molar-refractivity contribution in [2.45, 2.75) is 38.6 Å². The van der Waals surface area contributed by atoms with Crippen LogP contribution in [0.25, 0.3) is 0 Å². The molecule has 1 unspecified atom stereocenters. The SMILES string of the molecule is Cc1ccc(C(C)Nc2cc(Br)nc(C3CC3)n2)cc1F. The fourth-order valence-electron chi connectivity index (χ4n) is 2.22. The average Bonchev–Trinajstić information content (AvgIpc) is 3.25. The van der Waals surface area contributed by atoms with Gasteiger partial charge in [0.05, 0.1) is 6.04 Å². The maximum Gasteiger partial charge on any atom is 0.135 e. The first-order valence-corrected chi connectivity index (χ1v) is 7.89. The van der Waals surface area contributed by atoms with Gasteiger partial charge in [-0.1, -0.05) is 12.1 Å². The molecule has 0 aliphatic heterocycles. The van der Waals surface area contributed by atoms with E-state index in [1.165, 1.54) is 0 Å². The van der Waals surface area contributed by atoms with Gasteiger partial charge in [-0.25, -0.2) is 14.4 Å². The van der Waals surface area contributed by atoms with E-state index in [0.29, 0.717) is 11.5 Å². The average molecular weight is 350 g/mol. The summed E-state index contributed by atoms with van der Waals surface area (Å²) in [5.74, 6) is 1.97. The quantitative estimate of drug-likeness (QED) is 0.810. The van der Waals surface area contributed by atoms with Crippen LogP contribution in [-0.2, 0) is 0 Å². The predicted octanol–water partition coefficient (Wildman–Crippen LogP) is 4.74. The Kier molecular flexibility index (Phi) is 3.93. The summed E-state index contributed by atoms with van der Waals surface area (Å²) >= 11 is 3.43. The van der Waals surface area contributed by atoms with E-state index in [-0.39, 0.29) is 11.9 Å². The second-order valence-corrected chi connectivity index (χ2v) is 6.40. The van der Waals surface area contributed by atoms with Crippen molar-refractivity contribution >= 4 is 21.7 Å². The Morgan fingerprint density at radius 1 is 1.29 bits per heavy atom. The topological polar surface area (TPSA) is 37.8 Å². The van der Waals surface area contributed by atoms with Gasteiger partial charge in [0.15, 0.2) is 0 Å². The molecule has 1 aromatic heterocycles. The van der Waals surface area contributed by atoms with Gasteiger partial charge in [0.1, 0.15) is 22.1 Å². The van der Waals surface area contributed by atoms with Crippen molar-refractivity contribution in [2.24, 2.45) is 0 Å². The molecule has 1 saturated carbocycles. The number of nitrogens with one attached hydrogen (secondary N) is 1. The highest BCUT2D eigenvalue weighted by atomic mass is 79.9. The third-order valence-electron chi connectivity index (χ3n) is 3.71. The van der Waals surface area contributed by atoms with E-state index in [1.807, 2.05) is 19.1 Å². The minimum atomic E-state index is -0.177. The van der Waals surface area contributed by atoms with Crippen molar-refractivity contribution < 1.29 is 4.39 Å². The lowest BCUT2D eigenvalue weighted by Gasteiger charge is -2.16. The second kappa shape index (κ2) is 5.72. The summed E-state index contributed by atoms with van der Waals surface area (Å²) in [7, 11) is 0. The first kappa shape index (κ1) is 14.4. The van der Waals surface area contributed by atoms with Crippen molar-refractivity contribution in [3.8, 4) is 0 Å². The van der Waals surface area contributed by atoms with E-state index in [1.54, 1.807) is 19.1 Å². The molecule has 1 aliphatic rings.